The Kier molecular flexibility index (Phi) is 14.4. The summed E-state index contributed by atoms with van der Waals surface area (Å²) in [5.41, 5.74) is 1.06. The lowest BCUT2D eigenvalue weighted by molar-refractivity contribution is -0.140. The second-order valence-electron chi connectivity index (χ2n) is 12.7. The number of ether oxygens (including phenoxy) is 7. The van der Waals surface area contributed by atoms with E-state index >= 15 is 0 Å². The van der Waals surface area contributed by atoms with E-state index in [0.717, 1.165) is 30.0 Å². The molecule has 11 nitrogen and oxygen atoms in total. The summed E-state index contributed by atoms with van der Waals surface area (Å²) < 4.78 is 37.2. The van der Waals surface area contributed by atoms with Gasteiger partial charge in [0.2, 0.25) is 0 Å². The third-order valence-corrected chi connectivity index (χ3v) is 8.40. The monoisotopic (exact) mass is 690 g/mol. The maximum Gasteiger partial charge on any atom is 0.513 e. The number of hydrogen-bond acceptors (Lipinski definition) is 11. The smallest absolute Gasteiger partial charge is 0.460 e. The average Bonchev–Trinajstić information content (AvgIpc) is 3.08. The van der Waals surface area contributed by atoms with Crippen LogP contribution in [0.2, 0.25) is 0 Å². The zero-order chi connectivity index (χ0) is 36.0. The number of carbonyl (C=O) groups is 4. The summed E-state index contributed by atoms with van der Waals surface area (Å²) in [5.74, 6) is 0.496. The summed E-state index contributed by atoms with van der Waals surface area (Å²) in [7, 11) is 0. The van der Waals surface area contributed by atoms with Crippen molar-refractivity contribution in [2.45, 2.75) is 53.1 Å². The molecule has 50 heavy (non-hydrogen) atoms. The van der Waals surface area contributed by atoms with Gasteiger partial charge in [0.1, 0.15) is 30.8 Å². The predicted octanol–water partition coefficient (Wildman–Crippen LogP) is 7.34. The van der Waals surface area contributed by atoms with Crippen LogP contribution in [-0.4, -0.2) is 69.8 Å². The van der Waals surface area contributed by atoms with Crippen LogP contribution < -0.4 is 9.47 Å². The summed E-state index contributed by atoms with van der Waals surface area (Å²) in [6, 6.07) is 16.4. The summed E-state index contributed by atoms with van der Waals surface area (Å²) in [6.45, 7) is 12.6. The van der Waals surface area contributed by atoms with Gasteiger partial charge in [-0.15, -0.1) is 0 Å². The minimum Gasteiger partial charge on any atom is -0.460 e. The zero-order valence-electron chi connectivity index (χ0n) is 29.1. The van der Waals surface area contributed by atoms with E-state index in [4.69, 9.17) is 33.2 Å². The van der Waals surface area contributed by atoms with Crippen molar-refractivity contribution >= 4 is 34.8 Å². The Morgan fingerprint density at radius 3 is 2.00 bits per heavy atom. The van der Waals surface area contributed by atoms with Gasteiger partial charge in [-0.05, 0) is 96.8 Å². The highest BCUT2D eigenvalue weighted by Crippen LogP contribution is 2.36. The van der Waals surface area contributed by atoms with Gasteiger partial charge in [0.25, 0.3) is 0 Å². The van der Waals surface area contributed by atoms with E-state index in [2.05, 4.69) is 27.4 Å². The molecule has 3 aromatic rings. The van der Waals surface area contributed by atoms with Gasteiger partial charge < -0.3 is 33.2 Å². The van der Waals surface area contributed by atoms with Crippen LogP contribution in [0.15, 0.2) is 72.8 Å². The Morgan fingerprint density at radius 1 is 0.720 bits per heavy atom. The zero-order valence-corrected chi connectivity index (χ0v) is 29.1. The number of fused-ring (bicyclic) bond motifs is 1. The van der Waals surface area contributed by atoms with Crippen molar-refractivity contribution in [1.29, 1.82) is 0 Å². The number of carbonyl (C=O) groups excluding carboxylic acids is 4. The number of esters is 3. The number of benzene rings is 3. The quantitative estimate of drug-likeness (QED) is 0.0373. The van der Waals surface area contributed by atoms with Crippen molar-refractivity contribution in [3.05, 3.63) is 83.9 Å². The van der Waals surface area contributed by atoms with Crippen LogP contribution in [0.4, 0.5) is 4.79 Å². The first kappa shape index (κ1) is 38.1. The SMILES string of the molecule is C=C(C)C(=O)OCCOCCOCCOC(=O)Oc1ccc(C(=O)Oc2ccc3cc(C(=O)OC4CC(C)CCC4C(C)C)ccc3c2)cc1. The standard InChI is InChI=1S/C39H46O11/c1-25(2)34-15-6-27(5)22-35(34)50-38(42)31-8-7-30-24-33(14-11-29(30)23-31)48-37(41)28-9-12-32(13-10-28)49-39(43)47-21-19-45-17-16-44-18-20-46-36(40)26(3)4/h7-14,23-25,27,34-35H,3,6,15-22H2,1-2,4-5H3. The molecule has 0 heterocycles. The highest BCUT2D eigenvalue weighted by atomic mass is 16.7. The van der Waals surface area contributed by atoms with E-state index in [0.29, 0.717) is 34.6 Å². The fourth-order valence-electron chi connectivity index (χ4n) is 5.64. The molecule has 0 radical (unpaired) electrons. The first-order chi connectivity index (χ1) is 24.0. The van der Waals surface area contributed by atoms with E-state index in [1.165, 1.54) is 24.3 Å². The van der Waals surface area contributed by atoms with Gasteiger partial charge in [0.15, 0.2) is 0 Å². The van der Waals surface area contributed by atoms with Crippen molar-refractivity contribution in [2.24, 2.45) is 17.8 Å². The molecule has 3 atom stereocenters. The number of hydrogen-bond donors (Lipinski definition) is 0. The van der Waals surface area contributed by atoms with E-state index < -0.39 is 18.1 Å². The first-order valence-corrected chi connectivity index (χ1v) is 16.9. The molecule has 3 aromatic carbocycles. The molecule has 0 amide bonds. The fourth-order valence-corrected chi connectivity index (χ4v) is 5.64. The Labute approximate surface area is 292 Å². The van der Waals surface area contributed by atoms with Crippen LogP contribution in [0.5, 0.6) is 11.5 Å². The van der Waals surface area contributed by atoms with Gasteiger partial charge in [0, 0.05) is 5.57 Å². The van der Waals surface area contributed by atoms with Crippen molar-refractivity contribution in [3.8, 4) is 11.5 Å². The molecule has 0 bridgehead atoms. The maximum absolute atomic E-state index is 13.1. The van der Waals surface area contributed by atoms with Gasteiger partial charge in [-0.25, -0.2) is 19.2 Å². The highest BCUT2D eigenvalue weighted by molar-refractivity contribution is 5.96. The Morgan fingerprint density at radius 2 is 1.32 bits per heavy atom. The molecule has 0 N–H and O–H groups in total. The van der Waals surface area contributed by atoms with Gasteiger partial charge in [-0.3, -0.25) is 0 Å². The molecular formula is C39H46O11. The van der Waals surface area contributed by atoms with Crippen molar-refractivity contribution in [3.63, 3.8) is 0 Å². The number of rotatable bonds is 16. The van der Waals surface area contributed by atoms with E-state index in [-0.39, 0.29) is 63.0 Å². The topological polar surface area (TPSA) is 133 Å². The van der Waals surface area contributed by atoms with Crippen molar-refractivity contribution in [1.82, 2.24) is 0 Å². The molecule has 1 saturated carbocycles. The molecule has 0 aromatic heterocycles. The Balaban J connectivity index is 1.17. The first-order valence-electron chi connectivity index (χ1n) is 16.9. The second-order valence-corrected chi connectivity index (χ2v) is 12.7. The van der Waals surface area contributed by atoms with Crippen LogP contribution in [0, 0.1) is 17.8 Å². The van der Waals surface area contributed by atoms with Crippen LogP contribution in [-0.2, 0) is 28.5 Å². The molecule has 0 aliphatic heterocycles. The van der Waals surface area contributed by atoms with Gasteiger partial charge in [0.05, 0.1) is 37.6 Å². The van der Waals surface area contributed by atoms with Crippen LogP contribution >= 0.6 is 0 Å². The molecule has 0 saturated heterocycles. The van der Waals surface area contributed by atoms with Gasteiger partial charge in [-0.2, -0.15) is 0 Å². The summed E-state index contributed by atoms with van der Waals surface area (Å²) in [5, 5.41) is 1.62. The van der Waals surface area contributed by atoms with Crippen molar-refractivity contribution in [2.75, 3.05) is 39.6 Å². The molecule has 1 fully saturated rings. The third kappa shape index (κ3) is 11.7. The van der Waals surface area contributed by atoms with E-state index in [1.54, 1.807) is 37.3 Å². The van der Waals surface area contributed by atoms with Crippen LogP contribution in [0.25, 0.3) is 10.8 Å². The molecule has 1 aliphatic rings. The largest absolute Gasteiger partial charge is 0.513 e. The minimum atomic E-state index is -0.921. The molecule has 11 heteroatoms. The maximum atomic E-state index is 13.1. The van der Waals surface area contributed by atoms with Crippen LogP contribution in [0.3, 0.4) is 0 Å². The molecule has 1 aliphatic carbocycles. The van der Waals surface area contributed by atoms with Crippen molar-refractivity contribution < 1.29 is 52.3 Å². The summed E-state index contributed by atoms with van der Waals surface area (Å²) in [6.07, 6.45) is 2.11. The predicted molar refractivity (Wildman–Crippen MR) is 185 cm³/mol. The van der Waals surface area contributed by atoms with E-state index in [1.807, 2.05) is 6.07 Å². The van der Waals surface area contributed by atoms with Crippen LogP contribution in [0.1, 0.15) is 67.7 Å². The highest BCUT2D eigenvalue weighted by Gasteiger charge is 2.33. The molecular weight excluding hydrogens is 644 g/mol. The lowest BCUT2D eigenvalue weighted by Crippen LogP contribution is -2.35. The minimum absolute atomic E-state index is 0.0326. The van der Waals surface area contributed by atoms with E-state index in [9.17, 15) is 19.2 Å². The Bertz CT molecular complexity index is 1630. The second kappa shape index (κ2) is 18.9. The summed E-state index contributed by atoms with van der Waals surface area (Å²) in [4.78, 5) is 49.1. The molecule has 0 spiro atoms. The Hall–Kier alpha value is -4.74. The fraction of sp³-hybridized carbons (Fsp3) is 0.436. The molecule has 3 unspecified atom stereocenters. The average molecular weight is 691 g/mol. The molecule has 4 rings (SSSR count). The molecule has 268 valence electrons. The lowest BCUT2D eigenvalue weighted by atomic mass is 9.75. The third-order valence-electron chi connectivity index (χ3n) is 8.40. The van der Waals surface area contributed by atoms with Gasteiger partial charge >= 0.3 is 24.1 Å². The summed E-state index contributed by atoms with van der Waals surface area (Å²) >= 11 is 0. The lowest BCUT2D eigenvalue weighted by Gasteiger charge is -2.36. The normalized spacial score (nSPS) is 17.2. The van der Waals surface area contributed by atoms with Gasteiger partial charge in [-0.1, -0.05) is 45.9 Å².